The molecule has 2 aromatic carbocycles. The summed E-state index contributed by atoms with van der Waals surface area (Å²) in [6, 6.07) is 10.4. The molecule has 144 valence electrons. The highest BCUT2D eigenvalue weighted by molar-refractivity contribution is 5.81. The summed E-state index contributed by atoms with van der Waals surface area (Å²) in [7, 11) is 0. The smallest absolute Gasteiger partial charge is 0.425 e. The first-order chi connectivity index (χ1) is 12.8. The Morgan fingerprint density at radius 3 is 2.59 bits per heavy atom. The number of nitrogens with zero attached hydrogens (tertiary/aromatic N) is 1. The zero-order valence-electron chi connectivity index (χ0n) is 14.3. The number of hydrogen-bond donors (Lipinski definition) is 3. The van der Waals surface area contributed by atoms with Gasteiger partial charge in [0.15, 0.2) is 6.35 Å². The van der Waals surface area contributed by atoms with Crippen LogP contribution < -0.4 is 10.1 Å². The van der Waals surface area contributed by atoms with Crippen molar-refractivity contribution in [2.24, 2.45) is 0 Å². The summed E-state index contributed by atoms with van der Waals surface area (Å²) in [5, 5.41) is 23.2. The normalized spacial score (nSPS) is 24.7. The van der Waals surface area contributed by atoms with Crippen LogP contribution in [0.4, 0.5) is 13.2 Å². The van der Waals surface area contributed by atoms with Crippen molar-refractivity contribution >= 4 is 0 Å². The molecule has 4 rings (SSSR count). The molecule has 3 N–H and O–H groups in total. The molecule has 2 aliphatic rings. The van der Waals surface area contributed by atoms with Crippen LogP contribution in [0.2, 0.25) is 0 Å². The third-order valence-electron chi connectivity index (χ3n) is 5.12. The number of nitrogens with one attached hydrogen (secondary N) is 1. The molecular weight excluding hydrogens is 361 g/mol. The number of rotatable bonds is 4. The van der Waals surface area contributed by atoms with Crippen molar-refractivity contribution in [3.05, 3.63) is 53.6 Å². The van der Waals surface area contributed by atoms with Crippen molar-refractivity contribution in [1.29, 1.82) is 0 Å². The first-order valence-corrected chi connectivity index (χ1v) is 8.64. The molecule has 8 heteroatoms. The topological polar surface area (TPSA) is 65.0 Å². The zero-order valence-corrected chi connectivity index (χ0v) is 14.3. The predicted molar refractivity (Wildman–Crippen MR) is 92.0 cm³/mol. The maximum absolute atomic E-state index is 13.8. The van der Waals surface area contributed by atoms with E-state index < -0.39 is 18.1 Å². The molecule has 0 spiro atoms. The van der Waals surface area contributed by atoms with E-state index in [4.69, 9.17) is 4.74 Å². The van der Waals surface area contributed by atoms with E-state index in [1.54, 1.807) is 29.2 Å². The van der Waals surface area contributed by atoms with Gasteiger partial charge in [-0.2, -0.15) is 13.2 Å². The van der Waals surface area contributed by atoms with Gasteiger partial charge in [0.1, 0.15) is 12.4 Å². The van der Waals surface area contributed by atoms with Crippen LogP contribution in [-0.4, -0.2) is 53.9 Å². The van der Waals surface area contributed by atoms with Gasteiger partial charge in [-0.05, 0) is 23.3 Å². The van der Waals surface area contributed by atoms with E-state index in [0.717, 1.165) is 0 Å². The molecule has 5 nitrogen and oxygen atoms in total. The summed E-state index contributed by atoms with van der Waals surface area (Å²) in [5.41, 5.74) is -2.75. The maximum Gasteiger partial charge on any atom is 0.425 e. The molecule has 0 aromatic heterocycles. The van der Waals surface area contributed by atoms with Crippen LogP contribution in [0.25, 0.3) is 11.1 Å². The molecule has 2 atom stereocenters. The zero-order chi connectivity index (χ0) is 19.2. The van der Waals surface area contributed by atoms with Gasteiger partial charge < -0.3 is 14.9 Å². The van der Waals surface area contributed by atoms with Gasteiger partial charge in [0.25, 0.3) is 0 Å². The molecule has 0 bridgehead atoms. The highest BCUT2D eigenvalue weighted by atomic mass is 19.4. The lowest BCUT2D eigenvalue weighted by atomic mass is 9.91. The number of alkyl halides is 3. The minimum absolute atomic E-state index is 0.170. The second-order valence-electron chi connectivity index (χ2n) is 6.67. The number of fused-ring (bicyclic) bond motifs is 3. The second kappa shape index (κ2) is 6.49. The van der Waals surface area contributed by atoms with Crippen molar-refractivity contribution in [2.75, 3.05) is 26.2 Å². The predicted octanol–water partition coefficient (Wildman–Crippen LogP) is 2.03. The fraction of sp³-hybridized carbons (Fsp3) is 0.368. The van der Waals surface area contributed by atoms with Crippen LogP contribution in [0.15, 0.2) is 42.5 Å². The van der Waals surface area contributed by atoms with Crippen LogP contribution >= 0.6 is 0 Å². The van der Waals surface area contributed by atoms with Gasteiger partial charge in [-0.25, -0.2) is 0 Å². The molecule has 2 unspecified atom stereocenters. The molecule has 0 saturated carbocycles. The number of aliphatic hydroxyl groups excluding tert-OH is 1. The molecule has 1 saturated heterocycles. The van der Waals surface area contributed by atoms with Crippen LogP contribution in [0, 0.1) is 0 Å². The lowest BCUT2D eigenvalue weighted by Crippen LogP contribution is -2.41. The van der Waals surface area contributed by atoms with E-state index in [0.29, 0.717) is 30.8 Å². The van der Waals surface area contributed by atoms with E-state index in [2.05, 4.69) is 5.32 Å². The Morgan fingerprint density at radius 2 is 1.89 bits per heavy atom. The van der Waals surface area contributed by atoms with Gasteiger partial charge in [-0.15, -0.1) is 0 Å². The summed E-state index contributed by atoms with van der Waals surface area (Å²) >= 11 is 0. The Morgan fingerprint density at radius 1 is 1.15 bits per heavy atom. The number of aliphatic hydroxyl groups is 2. The van der Waals surface area contributed by atoms with Gasteiger partial charge in [-0.1, -0.05) is 30.3 Å². The Balaban J connectivity index is 1.61. The van der Waals surface area contributed by atoms with Crippen LogP contribution in [0.5, 0.6) is 5.75 Å². The Kier molecular flexibility index (Phi) is 4.38. The van der Waals surface area contributed by atoms with Gasteiger partial charge in [0.2, 0.25) is 5.60 Å². The van der Waals surface area contributed by atoms with Crippen molar-refractivity contribution < 1.29 is 28.1 Å². The summed E-state index contributed by atoms with van der Waals surface area (Å²) in [4.78, 5) is 1.76. The van der Waals surface area contributed by atoms with E-state index in [1.165, 1.54) is 18.2 Å². The van der Waals surface area contributed by atoms with E-state index in [1.807, 2.05) is 0 Å². The molecule has 0 radical (unpaired) electrons. The number of ether oxygens (including phenoxy) is 1. The minimum Gasteiger partial charge on any atom is -0.492 e. The Hall–Kier alpha value is -2.13. The summed E-state index contributed by atoms with van der Waals surface area (Å²) < 4.78 is 47.0. The maximum atomic E-state index is 13.8. The van der Waals surface area contributed by atoms with E-state index >= 15 is 0 Å². The first kappa shape index (κ1) is 18.2. The third-order valence-corrected chi connectivity index (χ3v) is 5.12. The fourth-order valence-electron chi connectivity index (χ4n) is 3.73. The summed E-state index contributed by atoms with van der Waals surface area (Å²) in [6.07, 6.45) is -5.60. The quantitative estimate of drug-likeness (QED) is 0.758. The van der Waals surface area contributed by atoms with Crippen LogP contribution in [0.1, 0.15) is 11.1 Å². The van der Waals surface area contributed by atoms with Gasteiger partial charge >= 0.3 is 6.18 Å². The molecule has 1 aliphatic heterocycles. The SMILES string of the molecule is OC1NCCN1CCOc1ccc2c(c1)C(O)(C(F)(F)F)c1ccccc1-2. The van der Waals surface area contributed by atoms with Crippen molar-refractivity contribution in [1.82, 2.24) is 10.2 Å². The second-order valence-corrected chi connectivity index (χ2v) is 6.67. The van der Waals surface area contributed by atoms with Crippen molar-refractivity contribution in [2.45, 2.75) is 18.1 Å². The molecule has 1 aliphatic carbocycles. The average molecular weight is 380 g/mol. The first-order valence-electron chi connectivity index (χ1n) is 8.64. The molecular formula is C19H19F3N2O3. The average Bonchev–Trinajstić information content (AvgIpc) is 3.15. The molecule has 1 heterocycles. The lowest BCUT2D eigenvalue weighted by Gasteiger charge is -2.28. The number of benzene rings is 2. The number of halogens is 3. The lowest BCUT2D eigenvalue weighted by molar-refractivity contribution is -0.246. The van der Waals surface area contributed by atoms with Crippen molar-refractivity contribution in [3.8, 4) is 16.9 Å². The molecule has 27 heavy (non-hydrogen) atoms. The fourth-order valence-corrected chi connectivity index (χ4v) is 3.73. The molecule has 2 aromatic rings. The number of hydrogen-bond acceptors (Lipinski definition) is 5. The minimum atomic E-state index is -4.86. The molecule has 0 amide bonds. The largest absolute Gasteiger partial charge is 0.492 e. The Labute approximate surface area is 154 Å². The van der Waals surface area contributed by atoms with Gasteiger partial charge in [0, 0.05) is 30.8 Å². The summed E-state index contributed by atoms with van der Waals surface area (Å²) in [6.45, 7) is 1.96. The van der Waals surface area contributed by atoms with Crippen LogP contribution in [0.3, 0.4) is 0 Å². The van der Waals surface area contributed by atoms with Gasteiger partial charge in [0.05, 0.1) is 0 Å². The van der Waals surface area contributed by atoms with Crippen molar-refractivity contribution in [3.63, 3.8) is 0 Å². The third kappa shape index (κ3) is 2.89. The van der Waals surface area contributed by atoms with E-state index in [9.17, 15) is 23.4 Å². The highest BCUT2D eigenvalue weighted by Crippen LogP contribution is 2.55. The van der Waals surface area contributed by atoms with Gasteiger partial charge in [-0.3, -0.25) is 10.2 Å². The molecule has 1 fully saturated rings. The van der Waals surface area contributed by atoms with E-state index in [-0.39, 0.29) is 23.5 Å². The standard InChI is InChI=1S/C19H19F3N2O3/c20-19(21,22)18(26)15-4-2-1-3-13(15)14-6-5-12(11-16(14)18)27-10-9-24-8-7-23-17(24)25/h1-6,11,17,23,25-26H,7-10H2. The Bertz CT molecular complexity index is 858. The summed E-state index contributed by atoms with van der Waals surface area (Å²) in [5.74, 6) is 0.242. The van der Waals surface area contributed by atoms with Crippen LogP contribution in [-0.2, 0) is 5.60 Å². The highest BCUT2D eigenvalue weighted by Gasteiger charge is 2.60. The monoisotopic (exact) mass is 380 g/mol.